The molecule has 0 aliphatic carbocycles. The Kier molecular flexibility index (Phi) is 2.13. The Balaban J connectivity index is 2.06. The minimum atomic E-state index is 0.0691. The summed E-state index contributed by atoms with van der Waals surface area (Å²) >= 11 is 0. The SMILES string of the molecule is CCc1ccc2c(c1)[C@@H]1N=C(C)O[C@@H]1CO2. The highest BCUT2D eigenvalue weighted by molar-refractivity contribution is 5.76. The molecule has 3 nitrogen and oxygen atoms in total. The second-order valence-corrected chi connectivity index (χ2v) is 4.29. The molecule has 16 heavy (non-hydrogen) atoms. The lowest BCUT2D eigenvalue weighted by atomic mass is 9.96. The van der Waals surface area contributed by atoms with Gasteiger partial charge in [0, 0.05) is 12.5 Å². The van der Waals surface area contributed by atoms with Gasteiger partial charge in [-0.15, -0.1) is 0 Å². The van der Waals surface area contributed by atoms with Crippen LogP contribution in [-0.4, -0.2) is 18.6 Å². The van der Waals surface area contributed by atoms with Gasteiger partial charge in [-0.2, -0.15) is 0 Å². The molecule has 3 heteroatoms. The van der Waals surface area contributed by atoms with Crippen molar-refractivity contribution in [3.8, 4) is 5.75 Å². The molecule has 0 saturated heterocycles. The van der Waals surface area contributed by atoms with E-state index in [0.29, 0.717) is 6.61 Å². The van der Waals surface area contributed by atoms with Crippen LogP contribution in [0.3, 0.4) is 0 Å². The number of ether oxygens (including phenoxy) is 2. The molecular weight excluding hydrogens is 202 g/mol. The van der Waals surface area contributed by atoms with E-state index in [1.165, 1.54) is 11.1 Å². The summed E-state index contributed by atoms with van der Waals surface area (Å²) in [5.41, 5.74) is 2.50. The fourth-order valence-corrected chi connectivity index (χ4v) is 2.34. The monoisotopic (exact) mass is 217 g/mol. The van der Waals surface area contributed by atoms with E-state index in [1.807, 2.05) is 13.0 Å². The third kappa shape index (κ3) is 1.39. The van der Waals surface area contributed by atoms with Crippen molar-refractivity contribution in [2.75, 3.05) is 6.61 Å². The van der Waals surface area contributed by atoms with Crippen molar-refractivity contribution in [3.63, 3.8) is 0 Å². The molecule has 0 aromatic heterocycles. The summed E-state index contributed by atoms with van der Waals surface area (Å²) in [6, 6.07) is 6.49. The molecule has 2 aliphatic heterocycles. The maximum absolute atomic E-state index is 5.69. The number of aryl methyl sites for hydroxylation is 1. The van der Waals surface area contributed by atoms with Gasteiger partial charge in [-0.3, -0.25) is 0 Å². The van der Waals surface area contributed by atoms with Gasteiger partial charge in [0.15, 0.2) is 12.0 Å². The Hall–Kier alpha value is -1.51. The van der Waals surface area contributed by atoms with Crippen LogP contribution in [0.4, 0.5) is 0 Å². The molecule has 3 rings (SSSR count). The van der Waals surface area contributed by atoms with Crippen molar-refractivity contribution in [3.05, 3.63) is 29.3 Å². The van der Waals surface area contributed by atoms with Crippen molar-refractivity contribution in [1.29, 1.82) is 0 Å². The number of hydrogen-bond acceptors (Lipinski definition) is 3. The van der Waals surface area contributed by atoms with Crippen molar-refractivity contribution in [2.24, 2.45) is 4.99 Å². The van der Waals surface area contributed by atoms with Crippen LogP contribution in [0.25, 0.3) is 0 Å². The van der Waals surface area contributed by atoms with Gasteiger partial charge in [0.05, 0.1) is 0 Å². The van der Waals surface area contributed by atoms with E-state index in [2.05, 4.69) is 24.0 Å². The smallest absolute Gasteiger partial charge is 0.181 e. The molecule has 0 N–H and O–H groups in total. The molecule has 2 heterocycles. The number of rotatable bonds is 1. The average Bonchev–Trinajstić information content (AvgIpc) is 2.69. The quantitative estimate of drug-likeness (QED) is 0.723. The van der Waals surface area contributed by atoms with Crippen LogP contribution in [0.5, 0.6) is 5.75 Å². The van der Waals surface area contributed by atoms with Crippen molar-refractivity contribution >= 4 is 5.90 Å². The van der Waals surface area contributed by atoms with E-state index in [0.717, 1.165) is 18.1 Å². The molecule has 1 aromatic carbocycles. The van der Waals surface area contributed by atoms with Crippen LogP contribution in [-0.2, 0) is 11.2 Å². The van der Waals surface area contributed by atoms with E-state index in [9.17, 15) is 0 Å². The summed E-state index contributed by atoms with van der Waals surface area (Å²) in [5.74, 6) is 1.73. The van der Waals surface area contributed by atoms with Crippen molar-refractivity contribution in [2.45, 2.75) is 32.4 Å². The second kappa shape index (κ2) is 3.51. The maximum Gasteiger partial charge on any atom is 0.181 e. The van der Waals surface area contributed by atoms with Gasteiger partial charge in [0.2, 0.25) is 0 Å². The Morgan fingerprint density at radius 3 is 3.12 bits per heavy atom. The normalized spacial score (nSPS) is 26.2. The lowest BCUT2D eigenvalue weighted by Crippen LogP contribution is -2.29. The largest absolute Gasteiger partial charge is 0.489 e. The fourth-order valence-electron chi connectivity index (χ4n) is 2.34. The number of nitrogens with zero attached hydrogens (tertiary/aromatic N) is 1. The number of hydrogen-bond donors (Lipinski definition) is 0. The van der Waals surface area contributed by atoms with Gasteiger partial charge in [0.1, 0.15) is 18.4 Å². The molecule has 1 aromatic rings. The number of aliphatic imine (C=N–C) groups is 1. The predicted molar refractivity (Wildman–Crippen MR) is 62.0 cm³/mol. The molecule has 0 spiro atoms. The van der Waals surface area contributed by atoms with Crippen LogP contribution in [0, 0.1) is 0 Å². The summed E-state index contributed by atoms with van der Waals surface area (Å²) in [4.78, 5) is 4.54. The third-order valence-electron chi connectivity index (χ3n) is 3.20. The highest BCUT2D eigenvalue weighted by atomic mass is 16.5. The van der Waals surface area contributed by atoms with Gasteiger partial charge in [-0.05, 0) is 24.1 Å². The van der Waals surface area contributed by atoms with Gasteiger partial charge in [-0.1, -0.05) is 13.0 Å². The first-order valence-corrected chi connectivity index (χ1v) is 5.74. The fraction of sp³-hybridized carbons (Fsp3) is 0.462. The standard InChI is InChI=1S/C13H15NO2/c1-3-9-4-5-11-10(6-9)13-12(7-15-11)16-8(2)14-13/h4-6,12-13H,3,7H2,1-2H3/t12-,13+/m1/s1. The molecular formula is C13H15NO2. The van der Waals surface area contributed by atoms with E-state index < -0.39 is 0 Å². The van der Waals surface area contributed by atoms with Gasteiger partial charge >= 0.3 is 0 Å². The molecule has 0 saturated carbocycles. The number of benzene rings is 1. The van der Waals surface area contributed by atoms with Gasteiger partial charge in [0.25, 0.3) is 0 Å². The Morgan fingerprint density at radius 2 is 2.31 bits per heavy atom. The van der Waals surface area contributed by atoms with Gasteiger partial charge in [-0.25, -0.2) is 4.99 Å². The van der Waals surface area contributed by atoms with E-state index in [1.54, 1.807) is 0 Å². The summed E-state index contributed by atoms with van der Waals surface area (Å²) in [7, 11) is 0. The van der Waals surface area contributed by atoms with Crippen LogP contribution in [0.15, 0.2) is 23.2 Å². The lowest BCUT2D eigenvalue weighted by molar-refractivity contribution is 0.101. The average molecular weight is 217 g/mol. The first-order chi connectivity index (χ1) is 7.78. The zero-order valence-electron chi connectivity index (χ0n) is 9.56. The topological polar surface area (TPSA) is 30.8 Å². The Bertz CT molecular complexity index is 453. The second-order valence-electron chi connectivity index (χ2n) is 4.29. The number of fused-ring (bicyclic) bond motifs is 3. The lowest BCUT2D eigenvalue weighted by Gasteiger charge is -2.26. The first kappa shape index (κ1) is 9.70. The first-order valence-electron chi connectivity index (χ1n) is 5.74. The van der Waals surface area contributed by atoms with Crippen LogP contribution < -0.4 is 4.74 Å². The summed E-state index contributed by atoms with van der Waals surface area (Å²) < 4.78 is 11.3. The van der Waals surface area contributed by atoms with E-state index in [-0.39, 0.29) is 12.1 Å². The van der Waals surface area contributed by atoms with Crippen molar-refractivity contribution < 1.29 is 9.47 Å². The summed E-state index contributed by atoms with van der Waals surface area (Å²) in [5, 5.41) is 0. The molecule has 2 aliphatic rings. The molecule has 84 valence electrons. The predicted octanol–water partition coefficient (Wildman–Crippen LogP) is 2.50. The van der Waals surface area contributed by atoms with E-state index >= 15 is 0 Å². The molecule has 0 unspecified atom stereocenters. The highest BCUT2D eigenvalue weighted by Crippen LogP contribution is 2.39. The zero-order valence-corrected chi connectivity index (χ0v) is 9.56. The summed E-state index contributed by atoms with van der Waals surface area (Å²) in [6.45, 7) is 4.66. The van der Waals surface area contributed by atoms with Crippen LogP contribution in [0.2, 0.25) is 0 Å². The minimum absolute atomic E-state index is 0.0691. The van der Waals surface area contributed by atoms with E-state index in [4.69, 9.17) is 9.47 Å². The third-order valence-corrected chi connectivity index (χ3v) is 3.20. The van der Waals surface area contributed by atoms with Gasteiger partial charge < -0.3 is 9.47 Å². The summed E-state index contributed by atoms with van der Waals surface area (Å²) in [6.07, 6.45) is 1.11. The Morgan fingerprint density at radius 1 is 1.44 bits per heavy atom. The molecule has 0 radical (unpaired) electrons. The van der Waals surface area contributed by atoms with Crippen LogP contribution in [0.1, 0.15) is 31.0 Å². The minimum Gasteiger partial charge on any atom is -0.489 e. The maximum atomic E-state index is 5.69. The molecule has 0 amide bonds. The van der Waals surface area contributed by atoms with Crippen LogP contribution >= 0.6 is 0 Å². The van der Waals surface area contributed by atoms with Crippen molar-refractivity contribution in [1.82, 2.24) is 0 Å². The Labute approximate surface area is 95.1 Å². The molecule has 0 fully saturated rings. The highest BCUT2D eigenvalue weighted by Gasteiger charge is 2.36. The molecule has 0 bridgehead atoms. The zero-order chi connectivity index (χ0) is 11.1. The molecule has 2 atom stereocenters.